The molecule has 2 amide bonds. The van der Waals surface area contributed by atoms with Crippen LogP contribution < -0.4 is 0 Å². The van der Waals surface area contributed by atoms with Crippen LogP contribution in [0.5, 0.6) is 0 Å². The predicted octanol–water partition coefficient (Wildman–Crippen LogP) is 1.50. The fourth-order valence-corrected chi connectivity index (χ4v) is 5.08. The van der Waals surface area contributed by atoms with Crippen molar-refractivity contribution >= 4 is 11.8 Å². The molecule has 0 aliphatic carbocycles. The highest BCUT2D eigenvalue weighted by atomic mass is 16.2. The van der Waals surface area contributed by atoms with E-state index in [2.05, 4.69) is 24.1 Å². The van der Waals surface area contributed by atoms with Gasteiger partial charge in [-0.3, -0.25) is 14.3 Å². The van der Waals surface area contributed by atoms with Crippen LogP contribution in [0, 0.1) is 18.3 Å². The van der Waals surface area contributed by atoms with Crippen molar-refractivity contribution in [1.29, 1.82) is 0 Å². The second kappa shape index (κ2) is 7.30. The largest absolute Gasteiger partial charge is 0.338 e. The molecule has 1 aromatic heterocycles. The molecule has 3 heterocycles. The first-order valence-electron chi connectivity index (χ1n) is 10.1. The van der Waals surface area contributed by atoms with Gasteiger partial charge in [-0.2, -0.15) is 5.10 Å². The fraction of sp³-hybridized carbons (Fsp3) is 0.500. The predicted molar refractivity (Wildman–Crippen MR) is 111 cm³/mol. The number of fused-ring (bicyclic) bond motifs is 1. The standard InChI is InChI=1S/C22H29N5O2/c1-16-10-19(25(4)23-16)21(29)27-12-18-11-26(14-22(18,15-27)13-24(2)3)20(28)17-8-6-5-7-9-17/h5-10,18H,11-15H2,1-4H3/t18-,22+/m1/s1. The van der Waals surface area contributed by atoms with Gasteiger partial charge in [0.05, 0.1) is 5.69 Å². The molecular weight excluding hydrogens is 366 g/mol. The van der Waals surface area contributed by atoms with Crippen molar-refractivity contribution in [2.24, 2.45) is 18.4 Å². The van der Waals surface area contributed by atoms with Gasteiger partial charge in [-0.25, -0.2) is 0 Å². The quantitative estimate of drug-likeness (QED) is 0.787. The second-order valence-corrected chi connectivity index (χ2v) is 8.83. The molecule has 0 unspecified atom stereocenters. The van der Waals surface area contributed by atoms with Gasteiger partial charge < -0.3 is 14.7 Å². The van der Waals surface area contributed by atoms with Crippen LogP contribution in [0.1, 0.15) is 26.5 Å². The fourth-order valence-electron chi connectivity index (χ4n) is 5.08. The first kappa shape index (κ1) is 19.6. The summed E-state index contributed by atoms with van der Waals surface area (Å²) in [6, 6.07) is 11.3. The summed E-state index contributed by atoms with van der Waals surface area (Å²) in [4.78, 5) is 32.3. The maximum Gasteiger partial charge on any atom is 0.272 e. The molecule has 0 bridgehead atoms. The highest BCUT2D eigenvalue weighted by molar-refractivity contribution is 5.95. The zero-order valence-corrected chi connectivity index (χ0v) is 17.6. The van der Waals surface area contributed by atoms with Crippen LogP contribution in [0.4, 0.5) is 0 Å². The van der Waals surface area contributed by atoms with Crippen LogP contribution >= 0.6 is 0 Å². The first-order chi connectivity index (χ1) is 13.8. The van der Waals surface area contributed by atoms with Crippen molar-refractivity contribution in [2.75, 3.05) is 46.8 Å². The molecule has 7 nitrogen and oxygen atoms in total. The maximum atomic E-state index is 13.1. The average Bonchev–Trinajstić information content (AvgIpc) is 3.30. The lowest BCUT2D eigenvalue weighted by atomic mass is 9.80. The van der Waals surface area contributed by atoms with E-state index >= 15 is 0 Å². The number of benzene rings is 1. The Morgan fingerprint density at radius 2 is 1.72 bits per heavy atom. The maximum absolute atomic E-state index is 13.1. The van der Waals surface area contributed by atoms with Crippen LogP contribution in [0.2, 0.25) is 0 Å². The molecule has 154 valence electrons. The zero-order chi connectivity index (χ0) is 20.8. The van der Waals surface area contributed by atoms with E-state index in [9.17, 15) is 9.59 Å². The number of hydrogen-bond donors (Lipinski definition) is 0. The molecular formula is C22H29N5O2. The first-order valence-corrected chi connectivity index (χ1v) is 10.1. The lowest BCUT2D eigenvalue weighted by molar-refractivity contribution is 0.0695. The lowest BCUT2D eigenvalue weighted by Crippen LogP contribution is -2.44. The Balaban J connectivity index is 1.55. The Morgan fingerprint density at radius 3 is 2.28 bits per heavy atom. The Labute approximate surface area is 171 Å². The highest BCUT2D eigenvalue weighted by Gasteiger charge is 2.54. The molecule has 2 aliphatic rings. The molecule has 2 aliphatic heterocycles. The van der Waals surface area contributed by atoms with E-state index in [0.29, 0.717) is 31.9 Å². The number of amides is 2. The zero-order valence-electron chi connectivity index (χ0n) is 17.6. The molecule has 2 saturated heterocycles. The highest BCUT2D eigenvalue weighted by Crippen LogP contribution is 2.43. The average molecular weight is 396 g/mol. The Hall–Kier alpha value is -2.67. The van der Waals surface area contributed by atoms with Gasteiger partial charge in [0, 0.05) is 56.7 Å². The number of aromatic nitrogens is 2. The molecule has 2 aromatic rings. The number of likely N-dealkylation sites (tertiary alicyclic amines) is 2. The van der Waals surface area contributed by atoms with Gasteiger partial charge >= 0.3 is 0 Å². The van der Waals surface area contributed by atoms with Gasteiger partial charge in [-0.15, -0.1) is 0 Å². The van der Waals surface area contributed by atoms with Crippen LogP contribution in [-0.2, 0) is 7.05 Å². The van der Waals surface area contributed by atoms with E-state index in [-0.39, 0.29) is 23.1 Å². The lowest BCUT2D eigenvalue weighted by Gasteiger charge is -2.32. The van der Waals surface area contributed by atoms with Crippen LogP contribution in [0.3, 0.4) is 0 Å². The number of nitrogens with zero attached hydrogens (tertiary/aromatic N) is 5. The van der Waals surface area contributed by atoms with Gasteiger partial charge in [-0.05, 0) is 39.2 Å². The summed E-state index contributed by atoms with van der Waals surface area (Å²) >= 11 is 0. The summed E-state index contributed by atoms with van der Waals surface area (Å²) in [5, 5.41) is 4.32. The third kappa shape index (κ3) is 3.55. The Morgan fingerprint density at radius 1 is 1.10 bits per heavy atom. The normalized spacial score (nSPS) is 23.7. The summed E-state index contributed by atoms with van der Waals surface area (Å²) in [6.07, 6.45) is 0. The van der Waals surface area contributed by atoms with Crippen molar-refractivity contribution in [3.8, 4) is 0 Å². The summed E-state index contributed by atoms with van der Waals surface area (Å²) in [7, 11) is 5.93. The molecule has 0 N–H and O–H groups in total. The van der Waals surface area contributed by atoms with Crippen molar-refractivity contribution in [1.82, 2.24) is 24.5 Å². The van der Waals surface area contributed by atoms with Gasteiger partial charge in [0.1, 0.15) is 5.69 Å². The van der Waals surface area contributed by atoms with Gasteiger partial charge in [-0.1, -0.05) is 18.2 Å². The van der Waals surface area contributed by atoms with E-state index in [4.69, 9.17) is 0 Å². The van der Waals surface area contributed by atoms with Crippen molar-refractivity contribution in [3.63, 3.8) is 0 Å². The van der Waals surface area contributed by atoms with Gasteiger partial charge in [0.15, 0.2) is 0 Å². The number of aryl methyl sites for hydroxylation is 2. The molecule has 7 heteroatoms. The monoisotopic (exact) mass is 395 g/mol. The van der Waals surface area contributed by atoms with Gasteiger partial charge in [0.2, 0.25) is 0 Å². The Kier molecular flexibility index (Phi) is 4.94. The minimum atomic E-state index is -0.1000. The van der Waals surface area contributed by atoms with Crippen molar-refractivity contribution in [2.45, 2.75) is 6.92 Å². The molecule has 0 spiro atoms. The molecule has 2 fully saturated rings. The van der Waals surface area contributed by atoms with E-state index in [0.717, 1.165) is 17.8 Å². The third-order valence-electron chi connectivity index (χ3n) is 6.21. The second-order valence-electron chi connectivity index (χ2n) is 8.83. The van der Waals surface area contributed by atoms with Crippen LogP contribution in [-0.4, -0.2) is 83.1 Å². The van der Waals surface area contributed by atoms with Gasteiger partial charge in [0.25, 0.3) is 11.8 Å². The molecule has 4 rings (SSSR count). The van der Waals surface area contributed by atoms with E-state index < -0.39 is 0 Å². The summed E-state index contributed by atoms with van der Waals surface area (Å²) < 4.78 is 1.66. The topological polar surface area (TPSA) is 61.7 Å². The summed E-state index contributed by atoms with van der Waals surface area (Å²) in [5.74, 6) is 0.385. The van der Waals surface area contributed by atoms with Crippen LogP contribution in [0.15, 0.2) is 36.4 Å². The molecule has 29 heavy (non-hydrogen) atoms. The van der Waals surface area contributed by atoms with Crippen molar-refractivity contribution in [3.05, 3.63) is 53.3 Å². The summed E-state index contributed by atoms with van der Waals surface area (Å²) in [5.41, 5.74) is 2.10. The van der Waals surface area contributed by atoms with Crippen LogP contribution in [0.25, 0.3) is 0 Å². The number of rotatable bonds is 4. The molecule has 1 aromatic carbocycles. The minimum Gasteiger partial charge on any atom is -0.338 e. The van der Waals surface area contributed by atoms with Crippen molar-refractivity contribution < 1.29 is 9.59 Å². The number of hydrogen-bond acceptors (Lipinski definition) is 4. The third-order valence-corrected chi connectivity index (χ3v) is 6.21. The number of carbonyl (C=O) groups is 2. The minimum absolute atomic E-state index is 0.0292. The van der Waals surface area contributed by atoms with E-state index in [1.165, 1.54) is 0 Å². The SMILES string of the molecule is Cc1cc(C(=O)N2C[C@H]3CN(C(=O)c4ccccc4)C[C@@]3(CN(C)C)C2)n(C)n1. The number of carbonyl (C=O) groups excluding carboxylic acids is 2. The molecule has 0 radical (unpaired) electrons. The molecule has 0 saturated carbocycles. The van der Waals surface area contributed by atoms with E-state index in [1.807, 2.05) is 60.2 Å². The Bertz CT molecular complexity index is 923. The van der Waals surface area contributed by atoms with E-state index in [1.54, 1.807) is 4.68 Å². The smallest absolute Gasteiger partial charge is 0.272 e. The molecule has 2 atom stereocenters. The summed E-state index contributed by atoms with van der Waals surface area (Å²) in [6.45, 7) is 5.46.